The average Bonchev–Trinajstić information content (AvgIpc) is 3.16. The first-order valence-corrected chi connectivity index (χ1v) is 8.31. The molecule has 20 heavy (non-hydrogen) atoms. The number of nitrogens with zero attached hydrogens (tertiary/aromatic N) is 2. The highest BCUT2D eigenvalue weighted by Gasteiger charge is 2.27. The predicted molar refractivity (Wildman–Crippen MR) is 82.0 cm³/mol. The third-order valence-corrected chi connectivity index (χ3v) is 5.00. The molecule has 0 radical (unpaired) electrons. The van der Waals surface area contributed by atoms with Crippen LogP contribution < -0.4 is 10.2 Å². The zero-order chi connectivity index (χ0) is 13.8. The molecule has 1 aliphatic heterocycles. The van der Waals surface area contributed by atoms with Crippen LogP contribution >= 0.6 is 11.3 Å². The molecule has 108 valence electrons. The number of hydrogen-bond donors (Lipinski definition) is 1. The molecular weight excluding hydrogens is 270 g/mol. The first-order chi connectivity index (χ1) is 9.84. The van der Waals surface area contributed by atoms with Crippen LogP contribution in [0, 0.1) is 5.92 Å². The van der Waals surface area contributed by atoms with E-state index in [1.807, 2.05) is 11.6 Å². The number of carbonyl (C=O) groups excluding carboxylic acids is 1. The highest BCUT2D eigenvalue weighted by atomic mass is 32.1. The average molecular weight is 291 g/mol. The first kappa shape index (κ1) is 13.6. The van der Waals surface area contributed by atoms with Gasteiger partial charge in [-0.25, -0.2) is 4.98 Å². The van der Waals surface area contributed by atoms with E-state index in [2.05, 4.69) is 27.4 Å². The van der Waals surface area contributed by atoms with Crippen molar-refractivity contribution in [2.75, 3.05) is 18.0 Å². The highest BCUT2D eigenvalue weighted by molar-refractivity contribution is 7.13. The maximum Gasteiger partial charge on any atom is 0.223 e. The number of carbonyl (C=O) groups is 1. The van der Waals surface area contributed by atoms with E-state index in [1.54, 1.807) is 11.3 Å². The van der Waals surface area contributed by atoms with Gasteiger partial charge in [-0.3, -0.25) is 4.79 Å². The quantitative estimate of drug-likeness (QED) is 0.867. The fraction of sp³-hybridized carbons (Fsp3) is 0.600. The Morgan fingerprint density at radius 1 is 1.45 bits per heavy atom. The molecule has 0 spiro atoms. The van der Waals surface area contributed by atoms with Crippen molar-refractivity contribution in [1.29, 1.82) is 0 Å². The molecule has 1 amide bonds. The van der Waals surface area contributed by atoms with Gasteiger partial charge in [-0.1, -0.05) is 12.2 Å². The molecule has 0 aromatic carbocycles. The minimum absolute atomic E-state index is 0.176. The first-order valence-electron chi connectivity index (χ1n) is 7.43. The van der Waals surface area contributed by atoms with Gasteiger partial charge in [-0.2, -0.15) is 0 Å². The van der Waals surface area contributed by atoms with Crippen LogP contribution in [0.5, 0.6) is 0 Å². The van der Waals surface area contributed by atoms with Crippen molar-refractivity contribution in [3.05, 3.63) is 23.7 Å². The van der Waals surface area contributed by atoms with Gasteiger partial charge in [0, 0.05) is 36.6 Å². The fourth-order valence-corrected chi connectivity index (χ4v) is 3.79. The number of aromatic nitrogens is 1. The number of thiazole rings is 1. The molecule has 0 saturated carbocycles. The monoisotopic (exact) mass is 291 g/mol. The maximum absolute atomic E-state index is 12.2. The Balaban J connectivity index is 1.52. The molecule has 3 rings (SSSR count). The summed E-state index contributed by atoms with van der Waals surface area (Å²) in [5.41, 5.74) is 0. The Kier molecular flexibility index (Phi) is 4.35. The number of anilines is 1. The van der Waals surface area contributed by atoms with Crippen molar-refractivity contribution in [3.8, 4) is 0 Å². The van der Waals surface area contributed by atoms with E-state index < -0.39 is 0 Å². The summed E-state index contributed by atoms with van der Waals surface area (Å²) < 4.78 is 0. The number of rotatable bonds is 4. The van der Waals surface area contributed by atoms with Crippen molar-refractivity contribution in [2.45, 2.75) is 38.1 Å². The fourth-order valence-electron chi connectivity index (χ4n) is 3.05. The normalized spacial score (nSPS) is 25.9. The van der Waals surface area contributed by atoms with E-state index in [0.29, 0.717) is 6.04 Å². The second-order valence-corrected chi connectivity index (χ2v) is 6.40. The molecule has 2 aliphatic rings. The van der Waals surface area contributed by atoms with Crippen molar-refractivity contribution >= 4 is 22.4 Å². The van der Waals surface area contributed by atoms with Crippen LogP contribution in [-0.2, 0) is 4.79 Å². The summed E-state index contributed by atoms with van der Waals surface area (Å²) in [6.07, 6.45) is 11.4. The minimum atomic E-state index is 0.176. The van der Waals surface area contributed by atoms with E-state index in [-0.39, 0.29) is 11.8 Å². The van der Waals surface area contributed by atoms with Gasteiger partial charge in [-0.15, -0.1) is 11.3 Å². The summed E-state index contributed by atoms with van der Waals surface area (Å²) in [5, 5.41) is 6.25. The molecule has 1 aliphatic carbocycles. The lowest BCUT2D eigenvalue weighted by molar-refractivity contribution is -0.125. The maximum atomic E-state index is 12.2. The molecular formula is C15H21N3OS. The van der Waals surface area contributed by atoms with Crippen molar-refractivity contribution in [3.63, 3.8) is 0 Å². The zero-order valence-electron chi connectivity index (χ0n) is 11.6. The van der Waals surface area contributed by atoms with Crippen molar-refractivity contribution in [2.24, 2.45) is 5.92 Å². The molecule has 2 atom stereocenters. The van der Waals surface area contributed by atoms with Crippen LogP contribution in [0.2, 0.25) is 0 Å². The molecule has 1 N–H and O–H groups in total. The summed E-state index contributed by atoms with van der Waals surface area (Å²) in [4.78, 5) is 18.9. The Hall–Kier alpha value is -1.36. The molecule has 4 nitrogen and oxygen atoms in total. The third-order valence-electron chi connectivity index (χ3n) is 4.19. The predicted octanol–water partition coefficient (Wildman–Crippen LogP) is 2.58. The van der Waals surface area contributed by atoms with Gasteiger partial charge >= 0.3 is 0 Å². The second kappa shape index (κ2) is 6.39. The van der Waals surface area contributed by atoms with Gasteiger partial charge < -0.3 is 10.2 Å². The molecule has 5 heteroatoms. The summed E-state index contributed by atoms with van der Waals surface area (Å²) in [6, 6.07) is 0.407. The summed E-state index contributed by atoms with van der Waals surface area (Å²) in [7, 11) is 0. The van der Waals surface area contributed by atoms with E-state index in [4.69, 9.17) is 0 Å². The van der Waals surface area contributed by atoms with Gasteiger partial charge in [0.1, 0.15) is 0 Å². The molecule has 0 bridgehead atoms. The largest absolute Gasteiger partial charge is 0.354 e. The standard InChI is InChI=1S/C15H21N3OS/c19-14(12-5-2-1-3-6-12)17-11-13-7-4-9-18(13)15-16-8-10-20-15/h1-2,8,10,12-13H,3-7,9,11H2,(H,17,19)/t12-,13+/m0/s1. The lowest BCUT2D eigenvalue weighted by Gasteiger charge is -2.25. The van der Waals surface area contributed by atoms with Crippen molar-refractivity contribution < 1.29 is 4.79 Å². The van der Waals surface area contributed by atoms with Crippen LogP contribution in [0.25, 0.3) is 0 Å². The Labute approximate surface area is 123 Å². The van der Waals surface area contributed by atoms with Crippen LogP contribution in [0.3, 0.4) is 0 Å². The Morgan fingerprint density at radius 3 is 3.15 bits per heavy atom. The van der Waals surface area contributed by atoms with E-state index in [0.717, 1.165) is 43.9 Å². The van der Waals surface area contributed by atoms with Gasteiger partial charge in [-0.05, 0) is 32.1 Å². The Bertz CT molecular complexity index is 471. The topological polar surface area (TPSA) is 45.2 Å². The van der Waals surface area contributed by atoms with Gasteiger partial charge in [0.05, 0.1) is 0 Å². The van der Waals surface area contributed by atoms with Gasteiger partial charge in [0.15, 0.2) is 5.13 Å². The number of nitrogens with one attached hydrogen (secondary N) is 1. The number of amides is 1. The Morgan fingerprint density at radius 2 is 2.40 bits per heavy atom. The molecule has 1 saturated heterocycles. The molecule has 1 fully saturated rings. The van der Waals surface area contributed by atoms with Crippen LogP contribution in [0.1, 0.15) is 32.1 Å². The summed E-state index contributed by atoms with van der Waals surface area (Å²) in [6.45, 7) is 1.80. The van der Waals surface area contributed by atoms with Crippen LogP contribution in [0.15, 0.2) is 23.7 Å². The number of hydrogen-bond acceptors (Lipinski definition) is 4. The van der Waals surface area contributed by atoms with E-state index >= 15 is 0 Å². The highest BCUT2D eigenvalue weighted by Crippen LogP contribution is 2.27. The van der Waals surface area contributed by atoms with Crippen LogP contribution in [0.4, 0.5) is 5.13 Å². The number of allylic oxidation sites excluding steroid dienone is 2. The summed E-state index contributed by atoms with van der Waals surface area (Å²) >= 11 is 1.68. The molecule has 1 aromatic heterocycles. The van der Waals surface area contributed by atoms with Crippen LogP contribution in [-0.4, -0.2) is 30.0 Å². The third kappa shape index (κ3) is 3.03. The molecule has 1 aromatic rings. The van der Waals surface area contributed by atoms with Crippen molar-refractivity contribution in [1.82, 2.24) is 10.3 Å². The van der Waals surface area contributed by atoms with E-state index in [9.17, 15) is 4.79 Å². The minimum Gasteiger partial charge on any atom is -0.354 e. The molecule has 0 unspecified atom stereocenters. The van der Waals surface area contributed by atoms with Gasteiger partial charge in [0.25, 0.3) is 0 Å². The lowest BCUT2D eigenvalue weighted by atomic mass is 9.93. The lowest BCUT2D eigenvalue weighted by Crippen LogP contribution is -2.42. The zero-order valence-corrected chi connectivity index (χ0v) is 12.4. The smallest absolute Gasteiger partial charge is 0.223 e. The SMILES string of the molecule is O=C(NC[C@H]1CCCN1c1nccs1)[C@H]1CC=CCC1. The second-order valence-electron chi connectivity index (χ2n) is 5.53. The van der Waals surface area contributed by atoms with E-state index in [1.165, 1.54) is 6.42 Å². The van der Waals surface area contributed by atoms with Gasteiger partial charge in [0.2, 0.25) is 5.91 Å². The molecule has 2 heterocycles. The summed E-state index contributed by atoms with van der Waals surface area (Å²) in [5.74, 6) is 0.398.